The van der Waals surface area contributed by atoms with Crippen molar-refractivity contribution in [3.63, 3.8) is 0 Å². The van der Waals surface area contributed by atoms with Crippen molar-refractivity contribution in [3.05, 3.63) is 101 Å². The van der Waals surface area contributed by atoms with Crippen LogP contribution in [0.5, 0.6) is 11.5 Å². The zero-order valence-electron chi connectivity index (χ0n) is 21.8. The van der Waals surface area contributed by atoms with E-state index in [2.05, 4.69) is 5.32 Å². The van der Waals surface area contributed by atoms with Gasteiger partial charge in [-0.05, 0) is 43.0 Å². The summed E-state index contributed by atoms with van der Waals surface area (Å²) in [6, 6.07) is 18.0. The SMILES string of the molecule is COc1ccc([C@H]2C3=C(C[C@H](c4ccccc4)CC3=O)N=C(C)C2C(=O)Nc2ccc(F)cc2F)c(OC)c1. The van der Waals surface area contributed by atoms with E-state index in [1.807, 2.05) is 30.3 Å². The lowest BCUT2D eigenvalue weighted by molar-refractivity contribution is -0.119. The number of nitrogens with one attached hydrogen (secondary N) is 1. The van der Waals surface area contributed by atoms with Gasteiger partial charge in [-0.15, -0.1) is 0 Å². The quantitative estimate of drug-likeness (QED) is 0.412. The van der Waals surface area contributed by atoms with Crippen molar-refractivity contribution in [3.8, 4) is 11.5 Å². The molecule has 6 nitrogen and oxygen atoms in total. The Balaban J connectivity index is 1.61. The summed E-state index contributed by atoms with van der Waals surface area (Å²) in [5.74, 6) is -3.01. The minimum Gasteiger partial charge on any atom is -0.497 e. The maximum absolute atomic E-state index is 14.4. The van der Waals surface area contributed by atoms with E-state index in [1.54, 1.807) is 25.1 Å². The van der Waals surface area contributed by atoms with Gasteiger partial charge in [0.2, 0.25) is 5.91 Å². The monoisotopic (exact) mass is 530 g/mol. The minimum absolute atomic E-state index is 0.0360. The van der Waals surface area contributed by atoms with Gasteiger partial charge >= 0.3 is 0 Å². The molecule has 0 saturated carbocycles. The molecule has 1 N–H and O–H groups in total. The fourth-order valence-electron chi connectivity index (χ4n) is 5.57. The van der Waals surface area contributed by atoms with Gasteiger partial charge in [-0.3, -0.25) is 14.6 Å². The van der Waals surface area contributed by atoms with E-state index >= 15 is 0 Å². The second-order valence-corrected chi connectivity index (χ2v) is 9.73. The Morgan fingerprint density at radius 2 is 1.74 bits per heavy atom. The van der Waals surface area contributed by atoms with Crippen LogP contribution in [0.15, 0.2) is 83.0 Å². The third-order valence-electron chi connectivity index (χ3n) is 7.41. The predicted octanol–water partition coefficient (Wildman–Crippen LogP) is 6.20. The Kier molecular flexibility index (Phi) is 7.28. The predicted molar refractivity (Wildman–Crippen MR) is 144 cm³/mol. The van der Waals surface area contributed by atoms with Crippen molar-refractivity contribution in [1.29, 1.82) is 0 Å². The van der Waals surface area contributed by atoms with Gasteiger partial charge in [0.1, 0.15) is 23.1 Å². The second kappa shape index (κ2) is 10.8. The molecule has 200 valence electrons. The van der Waals surface area contributed by atoms with Gasteiger partial charge in [-0.25, -0.2) is 8.78 Å². The number of anilines is 1. The van der Waals surface area contributed by atoms with Crippen LogP contribution in [-0.4, -0.2) is 31.6 Å². The molecule has 1 amide bonds. The zero-order valence-corrected chi connectivity index (χ0v) is 21.8. The number of amides is 1. The maximum Gasteiger partial charge on any atom is 0.234 e. The molecule has 3 aromatic carbocycles. The van der Waals surface area contributed by atoms with Crippen LogP contribution in [0.2, 0.25) is 0 Å². The Morgan fingerprint density at radius 1 is 0.974 bits per heavy atom. The van der Waals surface area contributed by atoms with Crippen LogP contribution in [0.4, 0.5) is 14.5 Å². The number of methoxy groups -OCH3 is 2. The van der Waals surface area contributed by atoms with Gasteiger partial charge in [0.05, 0.1) is 25.8 Å². The van der Waals surface area contributed by atoms with Crippen LogP contribution in [0.3, 0.4) is 0 Å². The molecule has 0 fully saturated rings. The fourth-order valence-corrected chi connectivity index (χ4v) is 5.57. The summed E-state index contributed by atoms with van der Waals surface area (Å²) in [6.45, 7) is 1.73. The van der Waals surface area contributed by atoms with E-state index in [1.165, 1.54) is 20.3 Å². The summed E-state index contributed by atoms with van der Waals surface area (Å²) in [5, 5.41) is 2.58. The normalized spacial score (nSPS) is 20.7. The van der Waals surface area contributed by atoms with E-state index in [9.17, 15) is 18.4 Å². The highest BCUT2D eigenvalue weighted by Crippen LogP contribution is 2.49. The number of nitrogens with zero attached hydrogens (tertiary/aromatic N) is 1. The molecule has 39 heavy (non-hydrogen) atoms. The highest BCUT2D eigenvalue weighted by Gasteiger charge is 2.45. The number of halogens is 2. The van der Waals surface area contributed by atoms with E-state index in [0.29, 0.717) is 46.5 Å². The molecule has 3 aromatic rings. The zero-order chi connectivity index (χ0) is 27.7. The largest absolute Gasteiger partial charge is 0.497 e. The average molecular weight is 531 g/mol. The van der Waals surface area contributed by atoms with Crippen LogP contribution in [0.1, 0.15) is 42.7 Å². The topological polar surface area (TPSA) is 77.0 Å². The number of Topliss-reactive ketones (excluding diaryl/α,β-unsaturated/α-hetero) is 1. The maximum atomic E-state index is 14.4. The Labute approximate surface area is 225 Å². The van der Waals surface area contributed by atoms with Gasteiger partial charge in [0, 0.05) is 47.0 Å². The molecule has 2 aliphatic rings. The van der Waals surface area contributed by atoms with Crippen LogP contribution in [-0.2, 0) is 9.59 Å². The second-order valence-electron chi connectivity index (χ2n) is 9.73. The summed E-state index contributed by atoms with van der Waals surface area (Å²) < 4.78 is 38.9. The van der Waals surface area contributed by atoms with Crippen molar-refractivity contribution in [2.24, 2.45) is 10.9 Å². The first-order chi connectivity index (χ1) is 18.8. The van der Waals surface area contributed by atoms with E-state index < -0.39 is 29.4 Å². The van der Waals surface area contributed by atoms with E-state index in [4.69, 9.17) is 14.5 Å². The van der Waals surface area contributed by atoms with Crippen molar-refractivity contribution in [1.82, 2.24) is 0 Å². The van der Waals surface area contributed by atoms with Gasteiger partial charge in [0.15, 0.2) is 5.78 Å². The summed E-state index contributed by atoms with van der Waals surface area (Å²) in [5.41, 5.74) is 3.09. The van der Waals surface area contributed by atoms with Gasteiger partial charge in [0.25, 0.3) is 0 Å². The number of rotatable bonds is 6. The average Bonchev–Trinajstić information content (AvgIpc) is 2.93. The van der Waals surface area contributed by atoms with Crippen molar-refractivity contribution in [2.45, 2.75) is 31.6 Å². The van der Waals surface area contributed by atoms with Gasteiger partial charge in [-0.1, -0.05) is 36.4 Å². The minimum atomic E-state index is -0.937. The number of carbonyl (C=O) groups is 2. The fraction of sp³-hybridized carbons (Fsp3) is 0.258. The third kappa shape index (κ3) is 5.06. The number of hydrogen-bond acceptors (Lipinski definition) is 5. The first-order valence-corrected chi connectivity index (χ1v) is 12.6. The highest BCUT2D eigenvalue weighted by atomic mass is 19.1. The molecular weight excluding hydrogens is 502 g/mol. The molecular formula is C31H28F2N2O4. The number of hydrogen-bond donors (Lipinski definition) is 1. The standard InChI is InChI=1S/C31H28F2N2O4/c1-17-28(31(37)35-24-12-9-20(32)15-23(24)33)29(22-11-10-21(38-2)16-27(22)39-3)30-25(34-17)13-19(14-26(30)36)18-7-5-4-6-8-18/h4-12,15-16,19,28-29H,13-14H2,1-3H3,(H,35,37)/t19-,28?,29+/m0/s1. The molecule has 3 atom stereocenters. The number of allylic oxidation sites excluding steroid dienone is 2. The molecule has 0 spiro atoms. The van der Waals surface area contributed by atoms with Crippen LogP contribution in [0.25, 0.3) is 0 Å². The molecule has 8 heteroatoms. The highest BCUT2D eigenvalue weighted by molar-refractivity contribution is 6.13. The lowest BCUT2D eigenvalue weighted by atomic mass is 9.68. The number of ketones is 1. The van der Waals surface area contributed by atoms with Gasteiger partial charge < -0.3 is 14.8 Å². The molecule has 0 radical (unpaired) electrons. The summed E-state index contributed by atoms with van der Waals surface area (Å²) in [4.78, 5) is 32.3. The third-order valence-corrected chi connectivity index (χ3v) is 7.41. The van der Waals surface area contributed by atoms with Crippen molar-refractivity contribution >= 4 is 23.1 Å². The molecule has 1 unspecified atom stereocenters. The Hall–Kier alpha value is -4.33. The lowest BCUT2D eigenvalue weighted by Crippen LogP contribution is -2.40. The van der Waals surface area contributed by atoms with Crippen LogP contribution < -0.4 is 14.8 Å². The molecule has 1 aliphatic carbocycles. The van der Waals surface area contributed by atoms with Crippen LogP contribution >= 0.6 is 0 Å². The van der Waals surface area contributed by atoms with Crippen molar-refractivity contribution in [2.75, 3.05) is 19.5 Å². The number of carbonyl (C=O) groups excluding carboxylic acids is 2. The number of benzene rings is 3. The lowest BCUT2D eigenvalue weighted by Gasteiger charge is -2.37. The molecule has 0 bridgehead atoms. The van der Waals surface area contributed by atoms with Gasteiger partial charge in [-0.2, -0.15) is 0 Å². The Bertz CT molecular complexity index is 1500. The van der Waals surface area contributed by atoms with E-state index in [0.717, 1.165) is 11.6 Å². The number of aliphatic imine (C=N–C) groups is 1. The summed E-state index contributed by atoms with van der Waals surface area (Å²) in [6.07, 6.45) is 0.811. The molecule has 0 aromatic heterocycles. The summed E-state index contributed by atoms with van der Waals surface area (Å²) >= 11 is 0. The number of ether oxygens (including phenoxy) is 2. The van der Waals surface area contributed by atoms with E-state index in [-0.39, 0.29) is 23.8 Å². The molecule has 1 heterocycles. The first kappa shape index (κ1) is 26.3. The molecule has 5 rings (SSSR count). The van der Waals surface area contributed by atoms with Crippen molar-refractivity contribution < 1.29 is 27.8 Å². The summed E-state index contributed by atoms with van der Waals surface area (Å²) in [7, 11) is 3.04. The molecule has 1 aliphatic heterocycles. The first-order valence-electron chi connectivity index (χ1n) is 12.6. The van der Waals surface area contributed by atoms with Crippen LogP contribution in [0, 0.1) is 17.6 Å². The smallest absolute Gasteiger partial charge is 0.234 e. The molecule has 0 saturated heterocycles. The Morgan fingerprint density at radius 3 is 2.44 bits per heavy atom.